The fraction of sp³-hybridized carbons (Fsp3) is 0.136. The number of aromatic nitrogens is 3. The van der Waals surface area contributed by atoms with E-state index in [1.807, 2.05) is 12.1 Å². The molecule has 4 aromatic rings. The van der Waals surface area contributed by atoms with Gasteiger partial charge in [0.2, 0.25) is 0 Å². The van der Waals surface area contributed by atoms with Crippen LogP contribution in [0, 0.1) is 12.7 Å². The minimum atomic E-state index is -0.557. The van der Waals surface area contributed by atoms with Gasteiger partial charge in [-0.3, -0.25) is 4.79 Å². The molecular weight excluding hydrogens is 423 g/mol. The Balaban J connectivity index is 1.69. The van der Waals surface area contributed by atoms with Crippen molar-refractivity contribution in [3.63, 3.8) is 0 Å². The highest BCUT2D eigenvalue weighted by Crippen LogP contribution is 2.33. The number of hydrogen-bond donors (Lipinski definition) is 1. The van der Waals surface area contributed by atoms with E-state index >= 15 is 0 Å². The van der Waals surface area contributed by atoms with Gasteiger partial charge in [0.1, 0.15) is 5.82 Å². The van der Waals surface area contributed by atoms with Crippen molar-refractivity contribution in [2.45, 2.75) is 6.92 Å². The average Bonchev–Trinajstić information content (AvgIpc) is 3.21. The Bertz CT molecular complexity index is 1310. The van der Waals surface area contributed by atoms with Crippen LogP contribution < -0.4 is 14.8 Å². The molecule has 0 fully saturated rings. The van der Waals surface area contributed by atoms with E-state index < -0.39 is 11.7 Å². The standard InChI is InChI=1S/C22H18ClFN4O3/c1-12-15(22(29)27-14-5-6-18(24)17(23)9-14)10-25-21-16(11-26-28(12)21)13-4-7-19(30-2)20(8-13)31-3/h4-11H,1-3H3,(H,27,29). The summed E-state index contributed by atoms with van der Waals surface area (Å²) in [6.45, 7) is 1.77. The SMILES string of the molecule is COc1ccc(-c2cnn3c(C)c(C(=O)Nc4ccc(F)c(Cl)c4)cnc23)cc1OC. The summed E-state index contributed by atoms with van der Waals surface area (Å²) in [4.78, 5) is 17.2. The zero-order chi connectivity index (χ0) is 22.1. The molecule has 1 amide bonds. The molecule has 0 unspecified atom stereocenters. The molecular formula is C22H18ClFN4O3. The minimum Gasteiger partial charge on any atom is -0.493 e. The number of amides is 1. The molecule has 0 aliphatic carbocycles. The fourth-order valence-electron chi connectivity index (χ4n) is 3.25. The number of rotatable bonds is 5. The van der Waals surface area contributed by atoms with Crippen molar-refractivity contribution in [2.24, 2.45) is 0 Å². The van der Waals surface area contributed by atoms with Gasteiger partial charge in [0.05, 0.1) is 36.7 Å². The van der Waals surface area contributed by atoms with Crippen LogP contribution in [0.25, 0.3) is 16.8 Å². The third-order valence-corrected chi connectivity index (χ3v) is 5.17. The number of halogens is 2. The number of benzene rings is 2. The van der Waals surface area contributed by atoms with Gasteiger partial charge in [-0.15, -0.1) is 0 Å². The summed E-state index contributed by atoms with van der Waals surface area (Å²) in [6, 6.07) is 9.50. The first-order chi connectivity index (χ1) is 14.9. The summed E-state index contributed by atoms with van der Waals surface area (Å²) < 4.78 is 25.6. The number of nitrogens with one attached hydrogen (secondary N) is 1. The predicted molar refractivity (Wildman–Crippen MR) is 116 cm³/mol. The van der Waals surface area contributed by atoms with Crippen molar-refractivity contribution < 1.29 is 18.7 Å². The lowest BCUT2D eigenvalue weighted by atomic mass is 10.1. The molecule has 7 nitrogen and oxygen atoms in total. The molecule has 4 rings (SSSR count). The third-order valence-electron chi connectivity index (χ3n) is 4.88. The van der Waals surface area contributed by atoms with Crippen LogP contribution in [-0.4, -0.2) is 34.7 Å². The predicted octanol–water partition coefficient (Wildman–Crippen LogP) is 4.77. The van der Waals surface area contributed by atoms with Crippen LogP contribution >= 0.6 is 11.6 Å². The maximum absolute atomic E-state index is 13.3. The first-order valence-corrected chi connectivity index (χ1v) is 9.63. The molecule has 1 N–H and O–H groups in total. The molecule has 0 aliphatic heterocycles. The molecule has 2 aromatic carbocycles. The normalized spacial score (nSPS) is 10.9. The van der Waals surface area contributed by atoms with Gasteiger partial charge < -0.3 is 14.8 Å². The van der Waals surface area contributed by atoms with Gasteiger partial charge >= 0.3 is 0 Å². The molecule has 0 saturated heterocycles. The van der Waals surface area contributed by atoms with E-state index in [0.29, 0.717) is 34.1 Å². The van der Waals surface area contributed by atoms with E-state index in [0.717, 1.165) is 11.1 Å². The zero-order valence-corrected chi connectivity index (χ0v) is 17.7. The van der Waals surface area contributed by atoms with E-state index in [-0.39, 0.29) is 5.02 Å². The molecule has 9 heteroatoms. The molecule has 2 heterocycles. The van der Waals surface area contributed by atoms with Crippen LogP contribution in [0.3, 0.4) is 0 Å². The van der Waals surface area contributed by atoms with Crippen LogP contribution in [0.1, 0.15) is 16.1 Å². The topological polar surface area (TPSA) is 77.8 Å². The second-order valence-corrected chi connectivity index (χ2v) is 7.11. The maximum Gasteiger partial charge on any atom is 0.259 e. The van der Waals surface area contributed by atoms with E-state index in [1.165, 1.54) is 24.4 Å². The van der Waals surface area contributed by atoms with Crippen molar-refractivity contribution in [1.29, 1.82) is 0 Å². The summed E-state index contributed by atoms with van der Waals surface area (Å²) >= 11 is 5.78. The first-order valence-electron chi connectivity index (χ1n) is 9.25. The van der Waals surface area contributed by atoms with E-state index in [1.54, 1.807) is 37.9 Å². The lowest BCUT2D eigenvalue weighted by Gasteiger charge is -2.10. The van der Waals surface area contributed by atoms with E-state index in [2.05, 4.69) is 15.4 Å². The largest absolute Gasteiger partial charge is 0.493 e. The number of ether oxygens (including phenoxy) is 2. The summed E-state index contributed by atoms with van der Waals surface area (Å²) in [5.41, 5.74) is 3.52. The van der Waals surface area contributed by atoms with Gasteiger partial charge in [-0.2, -0.15) is 5.10 Å². The van der Waals surface area contributed by atoms with Crippen LogP contribution in [0.15, 0.2) is 48.8 Å². The molecule has 0 spiro atoms. The highest BCUT2D eigenvalue weighted by molar-refractivity contribution is 6.31. The van der Waals surface area contributed by atoms with Gasteiger partial charge in [0.15, 0.2) is 17.1 Å². The van der Waals surface area contributed by atoms with Crippen molar-refractivity contribution in [1.82, 2.24) is 14.6 Å². The second kappa shape index (κ2) is 8.23. The number of carbonyl (C=O) groups excluding carboxylic acids is 1. The minimum absolute atomic E-state index is 0.0743. The summed E-state index contributed by atoms with van der Waals surface area (Å²) in [5.74, 6) is 0.243. The summed E-state index contributed by atoms with van der Waals surface area (Å²) in [5, 5.41) is 7.02. The van der Waals surface area contributed by atoms with Crippen LogP contribution in [0.4, 0.5) is 10.1 Å². The molecule has 0 radical (unpaired) electrons. The second-order valence-electron chi connectivity index (χ2n) is 6.70. The van der Waals surface area contributed by atoms with E-state index in [9.17, 15) is 9.18 Å². The Hall–Kier alpha value is -3.65. The van der Waals surface area contributed by atoms with Crippen molar-refractivity contribution >= 4 is 28.8 Å². The number of carbonyl (C=O) groups is 1. The van der Waals surface area contributed by atoms with E-state index in [4.69, 9.17) is 21.1 Å². The highest BCUT2D eigenvalue weighted by atomic mass is 35.5. The van der Waals surface area contributed by atoms with Crippen molar-refractivity contribution in [2.75, 3.05) is 19.5 Å². The number of anilines is 1. The zero-order valence-electron chi connectivity index (χ0n) is 16.9. The number of fused-ring (bicyclic) bond motifs is 1. The van der Waals surface area contributed by atoms with Gasteiger partial charge in [0, 0.05) is 17.4 Å². The molecule has 0 atom stereocenters. The number of methoxy groups -OCH3 is 2. The molecule has 0 bridgehead atoms. The molecule has 0 aliphatic rings. The first kappa shape index (κ1) is 20.6. The average molecular weight is 441 g/mol. The van der Waals surface area contributed by atoms with Gasteiger partial charge in [-0.25, -0.2) is 13.9 Å². The number of nitrogens with zero attached hydrogens (tertiary/aromatic N) is 3. The Morgan fingerprint density at radius 3 is 2.58 bits per heavy atom. The van der Waals surface area contributed by atoms with Gasteiger partial charge in [0.25, 0.3) is 5.91 Å². The molecule has 2 aromatic heterocycles. The lowest BCUT2D eigenvalue weighted by Crippen LogP contribution is -2.16. The quantitative estimate of drug-likeness (QED) is 0.484. The Labute approximate surface area is 182 Å². The van der Waals surface area contributed by atoms with Crippen molar-refractivity contribution in [3.8, 4) is 22.6 Å². The number of aryl methyl sites for hydroxylation is 1. The smallest absolute Gasteiger partial charge is 0.259 e. The molecule has 0 saturated carbocycles. The van der Waals surface area contributed by atoms with Crippen LogP contribution in [0.5, 0.6) is 11.5 Å². The highest BCUT2D eigenvalue weighted by Gasteiger charge is 2.18. The Morgan fingerprint density at radius 1 is 1.10 bits per heavy atom. The summed E-state index contributed by atoms with van der Waals surface area (Å²) in [7, 11) is 3.14. The molecule has 158 valence electrons. The monoisotopic (exact) mass is 440 g/mol. The van der Waals surface area contributed by atoms with Crippen LogP contribution in [-0.2, 0) is 0 Å². The Morgan fingerprint density at radius 2 is 1.87 bits per heavy atom. The van der Waals surface area contributed by atoms with Crippen molar-refractivity contribution in [3.05, 3.63) is 70.9 Å². The van der Waals surface area contributed by atoms with Crippen LogP contribution in [0.2, 0.25) is 5.02 Å². The third kappa shape index (κ3) is 3.77. The fourth-order valence-corrected chi connectivity index (χ4v) is 3.43. The van der Waals surface area contributed by atoms with Gasteiger partial charge in [-0.05, 0) is 42.8 Å². The summed E-state index contributed by atoms with van der Waals surface area (Å²) in [6.07, 6.45) is 3.16. The number of hydrogen-bond acceptors (Lipinski definition) is 5. The molecule has 31 heavy (non-hydrogen) atoms. The maximum atomic E-state index is 13.3. The van der Waals surface area contributed by atoms with Gasteiger partial charge in [-0.1, -0.05) is 17.7 Å². The Kier molecular flexibility index (Phi) is 5.48. The lowest BCUT2D eigenvalue weighted by molar-refractivity contribution is 0.102.